The number of anilines is 1. The number of nitrogen functional groups attached to an aromatic ring is 1. The van der Waals surface area contributed by atoms with Gasteiger partial charge in [0.15, 0.2) is 6.10 Å². The highest BCUT2D eigenvalue weighted by atomic mass is 16.3. The van der Waals surface area contributed by atoms with Crippen LogP contribution in [0, 0.1) is 0 Å². The van der Waals surface area contributed by atoms with Gasteiger partial charge in [-0.3, -0.25) is 9.59 Å². The number of hydrogen-bond donors (Lipinski definition) is 4. The number of carbonyl (C=O) groups is 2. The van der Waals surface area contributed by atoms with Gasteiger partial charge in [0.2, 0.25) is 5.91 Å². The Bertz CT molecular complexity index is 615. The van der Waals surface area contributed by atoms with Crippen molar-refractivity contribution in [2.75, 3.05) is 5.73 Å². The van der Waals surface area contributed by atoms with Crippen molar-refractivity contribution in [1.82, 2.24) is 15.6 Å². The maximum absolute atomic E-state index is 12.2. The molecule has 25 heavy (non-hydrogen) atoms. The fourth-order valence-electron chi connectivity index (χ4n) is 2.96. The average molecular weight is 346 g/mol. The molecule has 5 N–H and O–H groups in total. The van der Waals surface area contributed by atoms with Gasteiger partial charge < -0.3 is 21.5 Å². The molecule has 2 rings (SSSR count). The second-order valence-electron chi connectivity index (χ2n) is 6.28. The highest BCUT2D eigenvalue weighted by Gasteiger charge is 2.30. The number of hydrogen-bond acceptors (Lipinski definition) is 5. The molecule has 7 heteroatoms. The van der Waals surface area contributed by atoms with Gasteiger partial charge in [0.25, 0.3) is 5.91 Å². The lowest BCUT2D eigenvalue weighted by Crippen LogP contribution is -2.50. The summed E-state index contributed by atoms with van der Waals surface area (Å²) < 4.78 is 0. The van der Waals surface area contributed by atoms with Crippen molar-refractivity contribution in [3.63, 3.8) is 0 Å². The largest absolute Gasteiger partial charge is 0.384 e. The van der Waals surface area contributed by atoms with Gasteiger partial charge >= 0.3 is 0 Å². The Morgan fingerprint density at radius 3 is 2.72 bits per heavy atom. The number of aryl methyl sites for hydroxylation is 1. The van der Waals surface area contributed by atoms with Crippen molar-refractivity contribution >= 4 is 17.6 Å². The molecule has 1 fully saturated rings. The Morgan fingerprint density at radius 2 is 2.08 bits per heavy atom. The van der Waals surface area contributed by atoms with Gasteiger partial charge in [-0.2, -0.15) is 0 Å². The standard InChI is InChI=1S/C18H26N4O3/c1-2-4-15(23)18(25)22-14-6-3-5-13(14)21-17(24)10-8-12-7-9-16(19)20-11-12/h2,4,7,9,11,13-15,23H,3,5-6,8,10H2,1H3,(H2,19,20)(H,21,24)(H,22,25)/b4-2+/t13-,14+,15?/m1/s1. The van der Waals surface area contributed by atoms with Crippen molar-refractivity contribution in [2.24, 2.45) is 0 Å². The van der Waals surface area contributed by atoms with Crippen molar-refractivity contribution in [2.45, 2.75) is 57.2 Å². The van der Waals surface area contributed by atoms with Crippen LogP contribution in [0.3, 0.4) is 0 Å². The molecule has 1 aromatic heterocycles. The first kappa shape index (κ1) is 18.9. The van der Waals surface area contributed by atoms with Crippen molar-refractivity contribution in [3.05, 3.63) is 36.0 Å². The third kappa shape index (κ3) is 5.86. The van der Waals surface area contributed by atoms with Gasteiger partial charge in [-0.1, -0.05) is 18.2 Å². The van der Waals surface area contributed by atoms with Crippen LogP contribution < -0.4 is 16.4 Å². The molecule has 1 aliphatic carbocycles. The summed E-state index contributed by atoms with van der Waals surface area (Å²) in [6.45, 7) is 1.74. The predicted molar refractivity (Wildman–Crippen MR) is 95.5 cm³/mol. The van der Waals surface area contributed by atoms with E-state index in [1.54, 1.807) is 25.3 Å². The van der Waals surface area contributed by atoms with Gasteiger partial charge in [0.05, 0.1) is 0 Å². The zero-order chi connectivity index (χ0) is 18.2. The zero-order valence-electron chi connectivity index (χ0n) is 14.4. The molecular formula is C18H26N4O3. The molecule has 2 amide bonds. The zero-order valence-corrected chi connectivity index (χ0v) is 14.4. The Kier molecular flexibility index (Phi) is 6.94. The van der Waals surface area contributed by atoms with Crippen LogP contribution in [0.25, 0.3) is 0 Å². The van der Waals surface area contributed by atoms with Crippen LogP contribution in [-0.2, 0) is 16.0 Å². The molecule has 0 saturated heterocycles. The van der Waals surface area contributed by atoms with E-state index < -0.39 is 12.0 Å². The van der Waals surface area contributed by atoms with E-state index in [4.69, 9.17) is 5.73 Å². The lowest BCUT2D eigenvalue weighted by atomic mass is 10.1. The minimum absolute atomic E-state index is 0.0584. The molecule has 0 spiro atoms. The summed E-state index contributed by atoms with van der Waals surface area (Å²) in [5.74, 6) is -0.0352. The quantitative estimate of drug-likeness (QED) is 0.542. The molecule has 0 bridgehead atoms. The third-order valence-electron chi connectivity index (χ3n) is 4.32. The smallest absolute Gasteiger partial charge is 0.253 e. The molecule has 1 unspecified atom stereocenters. The van der Waals surface area contributed by atoms with E-state index in [-0.39, 0.29) is 18.0 Å². The summed E-state index contributed by atoms with van der Waals surface area (Å²) in [4.78, 5) is 28.1. The van der Waals surface area contributed by atoms with E-state index in [1.165, 1.54) is 6.08 Å². The molecule has 1 aromatic rings. The van der Waals surface area contributed by atoms with Crippen LogP contribution in [0.1, 0.15) is 38.2 Å². The minimum atomic E-state index is -1.15. The van der Waals surface area contributed by atoms with Crippen LogP contribution >= 0.6 is 0 Å². The highest BCUT2D eigenvalue weighted by Crippen LogP contribution is 2.19. The van der Waals surface area contributed by atoms with Gasteiger partial charge in [-0.25, -0.2) is 4.98 Å². The van der Waals surface area contributed by atoms with E-state index in [0.717, 1.165) is 24.8 Å². The van der Waals surface area contributed by atoms with Crippen LogP contribution in [0.4, 0.5) is 5.82 Å². The SMILES string of the molecule is C/C=C/C(O)C(=O)N[C@H]1CCC[C@H]1NC(=O)CCc1ccc(N)nc1. The fraction of sp³-hybridized carbons (Fsp3) is 0.500. The van der Waals surface area contributed by atoms with E-state index in [1.807, 2.05) is 6.07 Å². The number of nitrogens with two attached hydrogens (primary N) is 1. The molecule has 136 valence electrons. The van der Waals surface area contributed by atoms with Crippen LogP contribution in [-0.4, -0.2) is 40.1 Å². The number of aliphatic hydroxyl groups excluding tert-OH is 1. The Balaban J connectivity index is 1.80. The fourth-order valence-corrected chi connectivity index (χ4v) is 2.96. The van der Waals surface area contributed by atoms with Crippen LogP contribution in [0.15, 0.2) is 30.5 Å². The van der Waals surface area contributed by atoms with Gasteiger partial charge in [-0.05, 0) is 44.2 Å². The number of nitrogens with zero attached hydrogens (tertiary/aromatic N) is 1. The van der Waals surface area contributed by atoms with E-state index in [9.17, 15) is 14.7 Å². The van der Waals surface area contributed by atoms with E-state index >= 15 is 0 Å². The number of aliphatic hydroxyl groups is 1. The first-order valence-corrected chi connectivity index (χ1v) is 8.60. The average Bonchev–Trinajstić information content (AvgIpc) is 3.01. The lowest BCUT2D eigenvalue weighted by Gasteiger charge is -2.23. The number of pyridine rings is 1. The van der Waals surface area contributed by atoms with Gasteiger partial charge in [-0.15, -0.1) is 0 Å². The first-order valence-electron chi connectivity index (χ1n) is 8.60. The number of aromatic nitrogens is 1. The normalized spacial score (nSPS) is 21.2. The van der Waals surface area contributed by atoms with Gasteiger partial charge in [0, 0.05) is 24.7 Å². The molecule has 1 heterocycles. The van der Waals surface area contributed by atoms with Crippen molar-refractivity contribution in [3.8, 4) is 0 Å². The molecule has 3 atom stereocenters. The Labute approximate surface area is 147 Å². The second-order valence-corrected chi connectivity index (χ2v) is 6.28. The maximum Gasteiger partial charge on any atom is 0.253 e. The number of rotatable bonds is 7. The summed E-state index contributed by atoms with van der Waals surface area (Å²) >= 11 is 0. The molecule has 7 nitrogen and oxygen atoms in total. The van der Waals surface area contributed by atoms with E-state index in [2.05, 4.69) is 15.6 Å². The molecule has 1 saturated carbocycles. The molecule has 0 aliphatic heterocycles. The summed E-state index contributed by atoms with van der Waals surface area (Å²) in [6.07, 6.45) is 7.05. The summed E-state index contributed by atoms with van der Waals surface area (Å²) in [6, 6.07) is 3.33. The molecule has 1 aliphatic rings. The topological polar surface area (TPSA) is 117 Å². The Hall–Kier alpha value is -2.41. The maximum atomic E-state index is 12.2. The Morgan fingerprint density at radius 1 is 1.36 bits per heavy atom. The predicted octanol–water partition coefficient (Wildman–Crippen LogP) is 0.687. The minimum Gasteiger partial charge on any atom is -0.384 e. The number of carbonyl (C=O) groups excluding carboxylic acids is 2. The summed E-state index contributed by atoms with van der Waals surface area (Å²) in [5.41, 5.74) is 6.49. The lowest BCUT2D eigenvalue weighted by molar-refractivity contribution is -0.128. The van der Waals surface area contributed by atoms with Crippen LogP contribution in [0.5, 0.6) is 0 Å². The monoisotopic (exact) mass is 346 g/mol. The van der Waals surface area contributed by atoms with Gasteiger partial charge in [0.1, 0.15) is 5.82 Å². The summed E-state index contributed by atoms with van der Waals surface area (Å²) in [7, 11) is 0. The van der Waals surface area contributed by atoms with Crippen molar-refractivity contribution in [1.29, 1.82) is 0 Å². The number of nitrogens with one attached hydrogen (secondary N) is 2. The number of amides is 2. The molecular weight excluding hydrogens is 320 g/mol. The second kappa shape index (κ2) is 9.17. The molecule has 0 aromatic carbocycles. The summed E-state index contributed by atoms with van der Waals surface area (Å²) in [5, 5.41) is 15.5. The number of allylic oxidation sites excluding steroid dienone is 1. The first-order chi connectivity index (χ1) is 12.0. The van der Waals surface area contributed by atoms with Crippen LogP contribution in [0.2, 0.25) is 0 Å². The third-order valence-corrected chi connectivity index (χ3v) is 4.32. The van der Waals surface area contributed by atoms with E-state index in [0.29, 0.717) is 18.7 Å². The highest BCUT2D eigenvalue weighted by molar-refractivity contribution is 5.83. The van der Waals surface area contributed by atoms with Crippen molar-refractivity contribution < 1.29 is 14.7 Å². The molecule has 0 radical (unpaired) electrons.